The van der Waals surface area contributed by atoms with Crippen molar-refractivity contribution in [2.24, 2.45) is 11.1 Å². The molecule has 0 atom stereocenters. The zero-order valence-corrected chi connectivity index (χ0v) is 14.9. The van der Waals surface area contributed by atoms with Crippen molar-refractivity contribution in [3.63, 3.8) is 0 Å². The fraction of sp³-hybridized carbons (Fsp3) is 0.368. The van der Waals surface area contributed by atoms with Crippen LogP contribution in [0.2, 0.25) is 0 Å². The topological polar surface area (TPSA) is 58.0 Å². The van der Waals surface area contributed by atoms with Gasteiger partial charge in [0.15, 0.2) is 0 Å². The maximum Gasteiger partial charge on any atom is 0.213 e. The Hall–Kier alpha value is -2.11. The minimum atomic E-state index is 0. The molecule has 0 unspecified atom stereocenters. The minimum absolute atomic E-state index is 0. The smallest absolute Gasteiger partial charge is 0.213 e. The molecule has 1 fully saturated rings. The molecule has 0 spiro atoms. The second-order valence-corrected chi connectivity index (χ2v) is 6.19. The summed E-state index contributed by atoms with van der Waals surface area (Å²) in [5.74, 6) is 1.20. The van der Waals surface area contributed by atoms with Gasteiger partial charge in [0.1, 0.15) is 0 Å². The Morgan fingerprint density at radius 2 is 1.92 bits per heavy atom. The largest absolute Gasteiger partial charge is 0.477 e. The molecule has 2 heterocycles. The third kappa shape index (κ3) is 6.03. The number of ether oxygens (including phenoxy) is 1. The molecule has 1 aromatic heterocycles. The Balaban J connectivity index is 0.00000225. The van der Waals surface area contributed by atoms with Crippen molar-refractivity contribution in [3.8, 4) is 5.88 Å². The highest BCUT2D eigenvalue weighted by atomic mass is 35.5. The third-order valence-electron chi connectivity index (χ3n) is 4.39. The highest BCUT2D eigenvalue weighted by molar-refractivity contribution is 5.85. The molecule has 0 bridgehead atoms. The summed E-state index contributed by atoms with van der Waals surface area (Å²) in [6, 6.07) is 14.3. The van der Waals surface area contributed by atoms with Gasteiger partial charge in [-0.2, -0.15) is 0 Å². The summed E-state index contributed by atoms with van der Waals surface area (Å²) in [6.45, 7) is 3.97. The predicted octanol–water partition coefficient (Wildman–Crippen LogP) is 3.60. The van der Waals surface area contributed by atoms with Crippen LogP contribution in [-0.2, 0) is 6.54 Å². The predicted molar refractivity (Wildman–Crippen MR) is 101 cm³/mol. The van der Waals surface area contributed by atoms with Gasteiger partial charge in [0.2, 0.25) is 5.88 Å². The van der Waals surface area contributed by atoms with Crippen LogP contribution in [0, 0.1) is 5.92 Å². The van der Waals surface area contributed by atoms with Crippen LogP contribution in [0.4, 0.5) is 0 Å². The number of hydrogen-bond donors (Lipinski definition) is 1. The molecule has 0 saturated carbocycles. The summed E-state index contributed by atoms with van der Waals surface area (Å²) >= 11 is 0. The van der Waals surface area contributed by atoms with Crippen molar-refractivity contribution < 1.29 is 9.94 Å². The number of pyridine rings is 1. The lowest BCUT2D eigenvalue weighted by Crippen LogP contribution is -2.35. The van der Waals surface area contributed by atoms with Gasteiger partial charge in [-0.05, 0) is 43.5 Å². The molecule has 134 valence electrons. The average Bonchev–Trinajstić information content (AvgIpc) is 2.63. The first-order valence-electron chi connectivity index (χ1n) is 8.36. The standard InChI is InChI=1S/C19H23N3O2.ClH/c23-21-13-18-6-7-19(20-12-18)24-15-17-8-10-22(11-9-17)14-16-4-2-1-3-5-16;/h1-7,12-13,17,23H,8-11,14-15H2;1H. The third-order valence-corrected chi connectivity index (χ3v) is 4.39. The molecule has 5 nitrogen and oxygen atoms in total. The SMILES string of the molecule is Cl.ON=Cc1ccc(OCC2CCN(Cc3ccccc3)CC2)nc1. The number of hydrogen-bond acceptors (Lipinski definition) is 5. The maximum atomic E-state index is 8.48. The fourth-order valence-electron chi connectivity index (χ4n) is 2.98. The van der Waals surface area contributed by atoms with Crippen LogP contribution in [0.1, 0.15) is 24.0 Å². The quantitative estimate of drug-likeness (QED) is 0.485. The second-order valence-electron chi connectivity index (χ2n) is 6.19. The van der Waals surface area contributed by atoms with E-state index in [1.807, 2.05) is 12.1 Å². The van der Waals surface area contributed by atoms with Gasteiger partial charge in [-0.25, -0.2) is 4.98 Å². The summed E-state index contributed by atoms with van der Waals surface area (Å²) < 4.78 is 5.80. The molecule has 3 rings (SSSR count). The van der Waals surface area contributed by atoms with Gasteiger partial charge in [0.25, 0.3) is 0 Å². The number of nitrogens with zero attached hydrogens (tertiary/aromatic N) is 3. The second kappa shape index (κ2) is 10.0. The monoisotopic (exact) mass is 361 g/mol. The molecule has 1 N–H and O–H groups in total. The highest BCUT2D eigenvalue weighted by Gasteiger charge is 2.19. The van der Waals surface area contributed by atoms with Crippen molar-refractivity contribution in [1.29, 1.82) is 0 Å². The van der Waals surface area contributed by atoms with E-state index in [-0.39, 0.29) is 12.4 Å². The van der Waals surface area contributed by atoms with E-state index in [0.29, 0.717) is 18.4 Å². The van der Waals surface area contributed by atoms with Crippen LogP contribution >= 0.6 is 12.4 Å². The summed E-state index contributed by atoms with van der Waals surface area (Å²) in [6.07, 6.45) is 5.29. The van der Waals surface area contributed by atoms with E-state index < -0.39 is 0 Å². The molecule has 1 aromatic carbocycles. The minimum Gasteiger partial charge on any atom is -0.477 e. The summed E-state index contributed by atoms with van der Waals surface area (Å²) in [5, 5.41) is 11.5. The summed E-state index contributed by atoms with van der Waals surface area (Å²) in [7, 11) is 0. The number of oxime groups is 1. The molecule has 0 aliphatic carbocycles. The number of aromatic nitrogens is 1. The normalized spacial score (nSPS) is 15.8. The van der Waals surface area contributed by atoms with Gasteiger partial charge in [0, 0.05) is 24.4 Å². The number of halogens is 1. The number of piperidine rings is 1. The van der Waals surface area contributed by atoms with Crippen molar-refractivity contribution in [3.05, 3.63) is 59.8 Å². The zero-order valence-electron chi connectivity index (χ0n) is 14.1. The maximum absolute atomic E-state index is 8.48. The van der Waals surface area contributed by atoms with E-state index in [1.165, 1.54) is 11.8 Å². The first-order chi connectivity index (χ1) is 11.8. The highest BCUT2D eigenvalue weighted by Crippen LogP contribution is 2.20. The van der Waals surface area contributed by atoms with E-state index in [4.69, 9.17) is 9.94 Å². The van der Waals surface area contributed by atoms with E-state index in [1.54, 1.807) is 6.20 Å². The number of rotatable bonds is 6. The van der Waals surface area contributed by atoms with Crippen LogP contribution in [-0.4, -0.2) is 41.0 Å². The van der Waals surface area contributed by atoms with Crippen molar-refractivity contribution >= 4 is 18.6 Å². The van der Waals surface area contributed by atoms with Crippen LogP contribution in [0.5, 0.6) is 5.88 Å². The summed E-state index contributed by atoms with van der Waals surface area (Å²) in [4.78, 5) is 6.72. The van der Waals surface area contributed by atoms with Crippen molar-refractivity contribution in [2.45, 2.75) is 19.4 Å². The lowest BCUT2D eigenvalue weighted by Gasteiger charge is -2.31. The van der Waals surface area contributed by atoms with E-state index in [2.05, 4.69) is 45.4 Å². The van der Waals surface area contributed by atoms with Crippen LogP contribution in [0.25, 0.3) is 0 Å². The zero-order chi connectivity index (χ0) is 16.6. The fourth-order valence-corrected chi connectivity index (χ4v) is 2.98. The van der Waals surface area contributed by atoms with Crippen LogP contribution in [0.3, 0.4) is 0 Å². The Morgan fingerprint density at radius 1 is 1.16 bits per heavy atom. The molecule has 1 aliphatic heterocycles. The average molecular weight is 362 g/mol. The van der Waals surface area contributed by atoms with Gasteiger partial charge in [-0.1, -0.05) is 35.5 Å². The lowest BCUT2D eigenvalue weighted by molar-refractivity contribution is 0.134. The number of benzene rings is 1. The van der Waals surface area contributed by atoms with E-state index >= 15 is 0 Å². The molecular weight excluding hydrogens is 338 g/mol. The molecule has 0 radical (unpaired) electrons. The van der Waals surface area contributed by atoms with Crippen LogP contribution < -0.4 is 4.74 Å². The Labute approximate surface area is 154 Å². The summed E-state index contributed by atoms with van der Waals surface area (Å²) in [5.41, 5.74) is 2.13. The van der Waals surface area contributed by atoms with Gasteiger partial charge in [0.05, 0.1) is 12.8 Å². The molecular formula is C19H24ClN3O2. The Morgan fingerprint density at radius 3 is 2.56 bits per heavy atom. The Bertz CT molecular complexity index is 641. The van der Waals surface area contributed by atoms with Gasteiger partial charge < -0.3 is 9.94 Å². The van der Waals surface area contributed by atoms with Gasteiger partial charge >= 0.3 is 0 Å². The molecule has 1 aliphatic rings. The van der Waals surface area contributed by atoms with Gasteiger partial charge in [-0.3, -0.25) is 4.90 Å². The first-order valence-corrected chi connectivity index (χ1v) is 8.36. The van der Waals surface area contributed by atoms with E-state index in [0.717, 1.165) is 38.0 Å². The molecule has 6 heteroatoms. The molecule has 2 aromatic rings. The first kappa shape index (κ1) is 19.2. The lowest BCUT2D eigenvalue weighted by atomic mass is 9.97. The molecule has 0 amide bonds. The van der Waals surface area contributed by atoms with Crippen LogP contribution in [0.15, 0.2) is 53.8 Å². The molecule has 1 saturated heterocycles. The van der Waals surface area contributed by atoms with Crippen molar-refractivity contribution in [2.75, 3.05) is 19.7 Å². The van der Waals surface area contributed by atoms with Crippen molar-refractivity contribution in [1.82, 2.24) is 9.88 Å². The number of likely N-dealkylation sites (tertiary alicyclic amines) is 1. The van der Waals surface area contributed by atoms with Gasteiger partial charge in [-0.15, -0.1) is 12.4 Å². The van der Waals surface area contributed by atoms with E-state index in [9.17, 15) is 0 Å². The molecule has 25 heavy (non-hydrogen) atoms. The Kier molecular flexibility index (Phi) is 7.70.